The lowest BCUT2D eigenvalue weighted by Crippen LogP contribution is -2.45. The lowest BCUT2D eigenvalue weighted by molar-refractivity contribution is -0.132. The summed E-state index contributed by atoms with van der Waals surface area (Å²) in [7, 11) is 3.61. The van der Waals surface area contributed by atoms with Crippen molar-refractivity contribution in [2.75, 3.05) is 38.7 Å². The van der Waals surface area contributed by atoms with Gasteiger partial charge in [-0.25, -0.2) is 4.79 Å². The van der Waals surface area contributed by atoms with Gasteiger partial charge in [-0.05, 0) is 37.1 Å². The fraction of sp³-hybridized carbons (Fsp3) is 0.478. The van der Waals surface area contributed by atoms with E-state index in [4.69, 9.17) is 4.74 Å². The van der Waals surface area contributed by atoms with Crippen LogP contribution >= 0.6 is 0 Å². The maximum Gasteiger partial charge on any atom is 0.322 e. The van der Waals surface area contributed by atoms with Gasteiger partial charge in [0, 0.05) is 51.4 Å². The van der Waals surface area contributed by atoms with E-state index >= 15 is 0 Å². The van der Waals surface area contributed by atoms with E-state index in [1.807, 2.05) is 65.2 Å². The molecule has 2 rings (SSSR count). The Bertz CT molecular complexity index is 776. The van der Waals surface area contributed by atoms with Crippen LogP contribution in [0.25, 0.3) is 0 Å². The molecule has 7 nitrogen and oxygen atoms in total. The quantitative estimate of drug-likeness (QED) is 0.538. The highest BCUT2D eigenvalue weighted by molar-refractivity contribution is 5.92. The van der Waals surface area contributed by atoms with Gasteiger partial charge in [0.15, 0.2) is 0 Å². The molecule has 0 saturated heterocycles. The summed E-state index contributed by atoms with van der Waals surface area (Å²) in [6.45, 7) is 4.34. The molecular formula is C23H34N4O3. The van der Waals surface area contributed by atoms with Crippen LogP contribution in [-0.4, -0.2) is 59.7 Å². The van der Waals surface area contributed by atoms with Crippen molar-refractivity contribution in [2.24, 2.45) is 7.05 Å². The molecule has 0 unspecified atom stereocenters. The predicted molar refractivity (Wildman–Crippen MR) is 119 cm³/mol. The molecule has 7 heteroatoms. The summed E-state index contributed by atoms with van der Waals surface area (Å²) in [5.74, 6) is -0.0507. The molecule has 3 amide bonds. The van der Waals surface area contributed by atoms with Crippen LogP contribution in [0.3, 0.4) is 0 Å². The van der Waals surface area contributed by atoms with Crippen LogP contribution in [0.15, 0.2) is 48.7 Å². The zero-order valence-electron chi connectivity index (χ0n) is 18.3. The number of aryl methyl sites for hydroxylation is 1. The number of nitrogens with one attached hydrogen (secondary N) is 1. The molecule has 0 spiro atoms. The number of aromatic nitrogens is 1. The van der Waals surface area contributed by atoms with E-state index < -0.39 is 0 Å². The molecule has 164 valence electrons. The van der Waals surface area contributed by atoms with Gasteiger partial charge in [0.1, 0.15) is 6.54 Å². The van der Waals surface area contributed by atoms with E-state index in [0.717, 1.165) is 18.5 Å². The highest BCUT2D eigenvalue weighted by atomic mass is 16.5. The summed E-state index contributed by atoms with van der Waals surface area (Å²) in [5, 5.41) is 2.88. The monoisotopic (exact) mass is 414 g/mol. The number of amides is 3. The summed E-state index contributed by atoms with van der Waals surface area (Å²) in [5.41, 5.74) is 1.78. The van der Waals surface area contributed by atoms with E-state index in [-0.39, 0.29) is 18.5 Å². The van der Waals surface area contributed by atoms with Crippen LogP contribution in [0.4, 0.5) is 10.5 Å². The lowest BCUT2D eigenvalue weighted by Gasteiger charge is -2.28. The summed E-state index contributed by atoms with van der Waals surface area (Å²) < 4.78 is 7.14. The Kier molecular flexibility index (Phi) is 9.94. The Labute approximate surface area is 179 Å². The number of nitrogens with zero attached hydrogens (tertiary/aromatic N) is 3. The van der Waals surface area contributed by atoms with Crippen molar-refractivity contribution in [1.29, 1.82) is 0 Å². The van der Waals surface area contributed by atoms with Crippen molar-refractivity contribution in [1.82, 2.24) is 14.4 Å². The largest absolute Gasteiger partial charge is 0.385 e. The predicted octanol–water partition coefficient (Wildman–Crippen LogP) is 3.72. The average molecular weight is 415 g/mol. The van der Waals surface area contributed by atoms with Gasteiger partial charge in [0.05, 0.1) is 6.54 Å². The first-order valence-electron chi connectivity index (χ1n) is 10.5. The smallest absolute Gasteiger partial charge is 0.322 e. The third-order valence-electron chi connectivity index (χ3n) is 4.95. The first kappa shape index (κ1) is 23.5. The summed E-state index contributed by atoms with van der Waals surface area (Å²) in [4.78, 5) is 29.4. The zero-order chi connectivity index (χ0) is 21.8. The van der Waals surface area contributed by atoms with E-state index in [1.54, 1.807) is 12.0 Å². The summed E-state index contributed by atoms with van der Waals surface area (Å²) in [6.07, 6.45) is 4.57. The second kappa shape index (κ2) is 12.7. The van der Waals surface area contributed by atoms with Crippen molar-refractivity contribution in [2.45, 2.75) is 32.7 Å². The number of ether oxygens (including phenoxy) is 1. The van der Waals surface area contributed by atoms with Gasteiger partial charge in [-0.15, -0.1) is 0 Å². The van der Waals surface area contributed by atoms with Crippen molar-refractivity contribution in [3.05, 3.63) is 54.4 Å². The lowest BCUT2D eigenvalue weighted by atomic mass is 10.2. The minimum Gasteiger partial charge on any atom is -0.385 e. The Morgan fingerprint density at radius 1 is 1.03 bits per heavy atom. The number of carbonyl (C=O) groups is 2. The van der Waals surface area contributed by atoms with Crippen molar-refractivity contribution in [3.63, 3.8) is 0 Å². The van der Waals surface area contributed by atoms with Gasteiger partial charge in [0.2, 0.25) is 5.91 Å². The molecule has 0 fully saturated rings. The number of unbranched alkanes of at least 4 members (excludes halogenated alkanes) is 1. The molecule has 0 aliphatic heterocycles. The minimum absolute atomic E-state index is 0.0382. The molecule has 1 aromatic carbocycles. The molecule has 0 aliphatic carbocycles. The number of urea groups is 1. The highest BCUT2D eigenvalue weighted by Crippen LogP contribution is 2.10. The van der Waals surface area contributed by atoms with Crippen molar-refractivity contribution >= 4 is 17.6 Å². The zero-order valence-corrected chi connectivity index (χ0v) is 18.3. The standard InChI is InChI=1S/C23H34N4O3/c1-4-5-15-26(18-21-13-9-14-25(21)2)22(28)19-27(16-10-17-30-3)23(29)24-20-11-7-6-8-12-20/h6-9,11-14H,4-5,10,15-19H2,1-3H3,(H,24,29). The fourth-order valence-corrected chi connectivity index (χ4v) is 3.14. The molecule has 0 saturated carbocycles. The van der Waals surface area contributed by atoms with E-state index in [9.17, 15) is 9.59 Å². The number of methoxy groups -OCH3 is 1. The Hall–Kier alpha value is -2.80. The van der Waals surface area contributed by atoms with Gasteiger partial charge in [-0.1, -0.05) is 31.5 Å². The molecule has 0 aliphatic rings. The van der Waals surface area contributed by atoms with E-state index in [1.165, 1.54) is 0 Å². The van der Waals surface area contributed by atoms with Gasteiger partial charge >= 0.3 is 6.03 Å². The molecule has 0 atom stereocenters. The number of benzene rings is 1. The molecule has 2 aromatic rings. The molecule has 30 heavy (non-hydrogen) atoms. The van der Waals surface area contributed by atoms with E-state index in [2.05, 4.69) is 12.2 Å². The van der Waals surface area contributed by atoms with Gasteiger partial charge in [-0.2, -0.15) is 0 Å². The molecule has 0 radical (unpaired) electrons. The van der Waals surface area contributed by atoms with E-state index in [0.29, 0.717) is 38.3 Å². The Morgan fingerprint density at radius 3 is 2.40 bits per heavy atom. The normalized spacial score (nSPS) is 10.6. The van der Waals surface area contributed by atoms with Crippen LogP contribution in [0.5, 0.6) is 0 Å². The number of hydrogen-bond donors (Lipinski definition) is 1. The summed E-state index contributed by atoms with van der Waals surface area (Å²) in [6, 6.07) is 13.0. The van der Waals surface area contributed by atoms with Crippen molar-refractivity contribution < 1.29 is 14.3 Å². The molecule has 0 bridgehead atoms. The van der Waals surface area contributed by atoms with Gasteiger partial charge in [-0.3, -0.25) is 4.79 Å². The SMILES string of the molecule is CCCCN(Cc1cccn1C)C(=O)CN(CCCOC)C(=O)Nc1ccccc1. The second-order valence-corrected chi connectivity index (χ2v) is 7.34. The van der Waals surface area contributed by atoms with Gasteiger partial charge < -0.3 is 24.4 Å². The Morgan fingerprint density at radius 2 is 1.77 bits per heavy atom. The van der Waals surface area contributed by atoms with Crippen LogP contribution in [0.1, 0.15) is 31.9 Å². The minimum atomic E-state index is -0.278. The second-order valence-electron chi connectivity index (χ2n) is 7.34. The third kappa shape index (κ3) is 7.55. The molecular weight excluding hydrogens is 380 g/mol. The first-order chi connectivity index (χ1) is 14.5. The fourth-order valence-electron chi connectivity index (χ4n) is 3.14. The third-order valence-corrected chi connectivity index (χ3v) is 4.95. The maximum atomic E-state index is 13.2. The molecule has 1 heterocycles. The van der Waals surface area contributed by atoms with Crippen LogP contribution < -0.4 is 5.32 Å². The number of rotatable bonds is 12. The topological polar surface area (TPSA) is 66.8 Å². The molecule has 1 N–H and O–H groups in total. The van der Waals surface area contributed by atoms with Crippen molar-refractivity contribution in [3.8, 4) is 0 Å². The number of para-hydroxylation sites is 1. The highest BCUT2D eigenvalue weighted by Gasteiger charge is 2.22. The average Bonchev–Trinajstić information content (AvgIpc) is 3.15. The van der Waals surface area contributed by atoms with Crippen LogP contribution in [-0.2, 0) is 23.1 Å². The summed E-state index contributed by atoms with van der Waals surface area (Å²) >= 11 is 0. The number of hydrogen-bond acceptors (Lipinski definition) is 3. The first-order valence-corrected chi connectivity index (χ1v) is 10.5. The van der Waals surface area contributed by atoms with Gasteiger partial charge in [0.25, 0.3) is 0 Å². The number of carbonyl (C=O) groups excluding carboxylic acids is 2. The Balaban J connectivity index is 2.08. The van der Waals surface area contributed by atoms with Crippen LogP contribution in [0.2, 0.25) is 0 Å². The number of anilines is 1. The van der Waals surface area contributed by atoms with Crippen LogP contribution in [0, 0.1) is 0 Å². The molecule has 1 aromatic heterocycles. The maximum absolute atomic E-state index is 13.2.